The number of rotatable bonds is 35. The van der Waals surface area contributed by atoms with Gasteiger partial charge in [-0.3, -0.25) is 57.7 Å². The van der Waals surface area contributed by atoms with Crippen molar-refractivity contribution in [2.45, 2.75) is 147 Å². The van der Waals surface area contributed by atoms with Crippen molar-refractivity contribution >= 4 is 77.0 Å². The van der Waals surface area contributed by atoms with Crippen molar-refractivity contribution in [1.82, 2.24) is 37.2 Å². The van der Waals surface area contributed by atoms with Crippen LogP contribution in [0.5, 0.6) is 0 Å². The van der Waals surface area contributed by atoms with Gasteiger partial charge in [0.15, 0.2) is 5.96 Å². The third kappa shape index (κ3) is 26.1. The Hall–Kier alpha value is -7.17. The Bertz CT molecular complexity index is 1860. The summed E-state index contributed by atoms with van der Waals surface area (Å²) in [4.78, 5) is 156. The Labute approximate surface area is 397 Å². The number of aliphatic carboxylic acids is 2. The van der Waals surface area contributed by atoms with Gasteiger partial charge in [0.2, 0.25) is 59.1 Å². The lowest BCUT2D eigenvalue weighted by Crippen LogP contribution is -2.61. The third-order valence-electron chi connectivity index (χ3n) is 9.91. The second-order valence-corrected chi connectivity index (χ2v) is 16.8. The summed E-state index contributed by atoms with van der Waals surface area (Å²) in [5, 5.41) is 45.2. The molecule has 0 aliphatic heterocycles. The van der Waals surface area contributed by atoms with Gasteiger partial charge in [-0.2, -0.15) is 0 Å². The monoisotopic (exact) mass is 987 g/mol. The normalized spacial score (nSPS) is 14.4. The van der Waals surface area contributed by atoms with Crippen LogP contribution in [0.1, 0.15) is 98.3 Å². The lowest BCUT2D eigenvalue weighted by molar-refractivity contribution is -0.143. The molecule has 0 spiro atoms. The van der Waals surface area contributed by atoms with Crippen molar-refractivity contribution in [2.75, 3.05) is 13.2 Å². The Morgan fingerprint density at radius 1 is 0.478 bits per heavy atom. The van der Waals surface area contributed by atoms with E-state index in [1.165, 1.54) is 13.8 Å². The van der Waals surface area contributed by atoms with Crippen LogP contribution < -0.4 is 71.6 Å². The zero-order chi connectivity index (χ0) is 53.1. The standard InChI is InChI=1S/C40H70N14O15/c1-18(2)16-25(36(65)53-26(17-55)37(66)51-24(39(68)69)9-13-29(44)58)52-34(63)22(8-12-28(43)57)49-33(62)21(6-5-15-47-40(45)46)50-38(67)31(19(3)4)54-35(64)23(10-14-30(59)60)48-32(61)20(41)7-11-27(42)56/h18-26,31,55H,5-17,41H2,1-4H3,(H2,42,56)(H2,43,57)(H2,44,58)(H,48,61)(H,49,62)(H,50,67)(H,51,66)(H,52,63)(H,53,65)(H,54,64)(H,59,60)(H,68,69)(H4,45,46,47)/t20-,21-,22-,23-,24-,25-,26-,31-/m0/s1. The van der Waals surface area contributed by atoms with Crippen LogP contribution in [0.2, 0.25) is 0 Å². The van der Waals surface area contributed by atoms with Crippen LogP contribution in [0.3, 0.4) is 0 Å². The number of carboxylic acids is 2. The fourth-order valence-corrected chi connectivity index (χ4v) is 6.15. The molecule has 29 nitrogen and oxygen atoms in total. The topological polar surface area (TPSA) is 518 Å². The summed E-state index contributed by atoms with van der Waals surface area (Å²) >= 11 is 0. The van der Waals surface area contributed by atoms with E-state index in [-0.39, 0.29) is 50.5 Å². The van der Waals surface area contributed by atoms with Gasteiger partial charge in [0.25, 0.3) is 0 Å². The number of guanidine groups is 1. The average Bonchev–Trinajstić information content (AvgIpc) is 3.24. The molecule has 8 atom stereocenters. The van der Waals surface area contributed by atoms with Gasteiger partial charge < -0.3 is 86.9 Å². The largest absolute Gasteiger partial charge is 0.481 e. The predicted octanol–water partition coefficient (Wildman–Crippen LogP) is -6.80. The second-order valence-electron chi connectivity index (χ2n) is 16.8. The average molecular weight is 987 g/mol. The molecule has 0 bridgehead atoms. The lowest BCUT2D eigenvalue weighted by Gasteiger charge is -2.29. The Morgan fingerprint density at radius 3 is 1.33 bits per heavy atom. The van der Waals surface area contributed by atoms with E-state index in [4.69, 9.17) is 34.4 Å². The van der Waals surface area contributed by atoms with Crippen LogP contribution in [0.4, 0.5) is 0 Å². The van der Waals surface area contributed by atoms with Crippen LogP contribution >= 0.6 is 0 Å². The van der Waals surface area contributed by atoms with Crippen molar-refractivity contribution in [3.05, 3.63) is 0 Å². The molecule has 390 valence electrons. The molecular formula is C40H70N14O15. The zero-order valence-corrected chi connectivity index (χ0v) is 39.1. The van der Waals surface area contributed by atoms with Crippen molar-refractivity contribution in [3.8, 4) is 0 Å². The summed E-state index contributed by atoms with van der Waals surface area (Å²) in [6, 6.07) is -12.3. The maximum atomic E-state index is 14.0. The molecule has 69 heavy (non-hydrogen) atoms. The minimum atomic E-state index is -1.75. The molecule has 0 aromatic rings. The van der Waals surface area contributed by atoms with Crippen LogP contribution in [0.25, 0.3) is 0 Å². The van der Waals surface area contributed by atoms with Gasteiger partial charge in [0, 0.05) is 32.2 Å². The van der Waals surface area contributed by atoms with Gasteiger partial charge in [-0.15, -0.1) is 0 Å². The molecule has 0 saturated carbocycles. The SMILES string of the molecule is CC(C)C[C@H](NC(=O)[C@H](CCC(N)=O)NC(=O)[C@H](CCCN=C(N)N)NC(=O)[C@@H](NC(=O)[C@H](CCC(=O)O)NC(=O)[C@@H](N)CCC(N)=O)C(C)C)C(=O)N[C@@H](CO)C(=O)N[C@@H](CCC(N)=O)C(=O)O. The molecule has 22 N–H and O–H groups in total. The quantitative estimate of drug-likeness (QED) is 0.0159. The number of hydrogen-bond donors (Lipinski definition) is 16. The van der Waals surface area contributed by atoms with Gasteiger partial charge in [-0.1, -0.05) is 27.7 Å². The molecule has 29 heteroatoms. The predicted molar refractivity (Wildman–Crippen MR) is 243 cm³/mol. The number of carboxylic acid groups (broad SMARTS) is 2. The van der Waals surface area contributed by atoms with Gasteiger partial charge in [0.1, 0.15) is 42.3 Å². The van der Waals surface area contributed by atoms with E-state index in [0.717, 1.165) is 0 Å². The van der Waals surface area contributed by atoms with E-state index in [0.29, 0.717) is 0 Å². The molecular weight excluding hydrogens is 917 g/mol. The first-order valence-electron chi connectivity index (χ1n) is 21.9. The molecule has 0 heterocycles. The fourth-order valence-electron chi connectivity index (χ4n) is 6.15. The molecule has 0 aromatic carbocycles. The number of carbonyl (C=O) groups is 12. The first-order valence-corrected chi connectivity index (χ1v) is 21.9. The van der Waals surface area contributed by atoms with Crippen molar-refractivity contribution < 1.29 is 72.9 Å². The highest BCUT2D eigenvalue weighted by atomic mass is 16.4. The summed E-state index contributed by atoms with van der Waals surface area (Å²) in [6.45, 7) is 5.30. The maximum absolute atomic E-state index is 14.0. The smallest absolute Gasteiger partial charge is 0.326 e. The first kappa shape index (κ1) is 61.8. The Balaban J connectivity index is 6.67. The fraction of sp³-hybridized carbons (Fsp3) is 0.675. The molecule has 0 rings (SSSR count). The van der Waals surface area contributed by atoms with Crippen LogP contribution in [-0.2, 0) is 57.5 Å². The van der Waals surface area contributed by atoms with Gasteiger partial charge in [-0.05, 0) is 56.8 Å². The number of hydrogen-bond acceptors (Lipinski definition) is 15. The van der Waals surface area contributed by atoms with Crippen molar-refractivity contribution in [2.24, 2.45) is 51.2 Å². The molecule has 10 amide bonds. The summed E-state index contributed by atoms with van der Waals surface area (Å²) in [7, 11) is 0. The molecule has 0 aliphatic rings. The summed E-state index contributed by atoms with van der Waals surface area (Å²) in [5.74, 6) is -13.8. The number of nitrogens with one attached hydrogen (secondary N) is 7. The van der Waals surface area contributed by atoms with E-state index in [2.05, 4.69) is 42.2 Å². The third-order valence-corrected chi connectivity index (χ3v) is 9.91. The zero-order valence-electron chi connectivity index (χ0n) is 39.1. The minimum absolute atomic E-state index is 0.0427. The van der Waals surface area contributed by atoms with Gasteiger partial charge in [0.05, 0.1) is 12.6 Å². The van der Waals surface area contributed by atoms with Gasteiger partial charge in [-0.25, -0.2) is 4.79 Å². The molecule has 0 aliphatic carbocycles. The van der Waals surface area contributed by atoms with Crippen molar-refractivity contribution in [3.63, 3.8) is 0 Å². The van der Waals surface area contributed by atoms with Crippen LogP contribution in [0.15, 0.2) is 4.99 Å². The molecule has 0 aromatic heterocycles. The number of aliphatic hydroxyl groups is 1. The number of carbonyl (C=O) groups excluding carboxylic acids is 10. The molecule has 0 unspecified atom stereocenters. The van der Waals surface area contributed by atoms with Gasteiger partial charge >= 0.3 is 11.9 Å². The van der Waals surface area contributed by atoms with E-state index < -0.39 is 170 Å². The van der Waals surface area contributed by atoms with E-state index in [9.17, 15) is 72.9 Å². The Kier molecular flexibility index (Phi) is 28.4. The van der Waals surface area contributed by atoms with Crippen LogP contribution in [-0.4, -0.2) is 154 Å². The number of nitrogens with zero attached hydrogens (tertiary/aromatic N) is 1. The van der Waals surface area contributed by atoms with E-state index >= 15 is 0 Å². The second kappa shape index (κ2) is 31.7. The number of primary amides is 3. The molecule has 0 radical (unpaired) electrons. The summed E-state index contributed by atoms with van der Waals surface area (Å²) in [5.41, 5.74) is 32.2. The van der Waals surface area contributed by atoms with Crippen LogP contribution in [0, 0.1) is 11.8 Å². The van der Waals surface area contributed by atoms with E-state index in [1.54, 1.807) is 13.8 Å². The number of nitrogens with two attached hydrogens (primary N) is 6. The van der Waals surface area contributed by atoms with Crippen molar-refractivity contribution in [1.29, 1.82) is 0 Å². The highest BCUT2D eigenvalue weighted by Gasteiger charge is 2.35. The lowest BCUT2D eigenvalue weighted by atomic mass is 10.00. The minimum Gasteiger partial charge on any atom is -0.481 e. The molecule has 0 saturated heterocycles. The first-order chi connectivity index (χ1) is 32.1. The maximum Gasteiger partial charge on any atom is 0.326 e. The highest BCUT2D eigenvalue weighted by molar-refractivity contribution is 5.98. The molecule has 0 fully saturated rings. The number of aliphatic imine (C=N–C) groups is 1. The highest BCUT2D eigenvalue weighted by Crippen LogP contribution is 2.11. The number of amides is 10. The number of aliphatic hydroxyl groups excluding tert-OH is 1. The Morgan fingerprint density at radius 2 is 0.870 bits per heavy atom. The van der Waals surface area contributed by atoms with E-state index in [1.807, 2.05) is 0 Å². The summed E-state index contributed by atoms with van der Waals surface area (Å²) < 4.78 is 0. The summed E-state index contributed by atoms with van der Waals surface area (Å²) in [6.07, 6.45) is -3.50.